The van der Waals surface area contributed by atoms with E-state index in [0.29, 0.717) is 11.6 Å². The van der Waals surface area contributed by atoms with Crippen LogP contribution in [0.15, 0.2) is 53.2 Å². The second-order valence-corrected chi connectivity index (χ2v) is 7.81. The van der Waals surface area contributed by atoms with E-state index in [1.54, 1.807) is 21.9 Å². The largest absolute Gasteiger partial charge is 0.348 e. The van der Waals surface area contributed by atoms with Crippen LogP contribution in [0.25, 0.3) is 17.0 Å². The number of rotatable bonds is 3. The lowest BCUT2D eigenvalue weighted by Crippen LogP contribution is -2.25. The maximum Gasteiger partial charge on any atom is 0.186 e. The zero-order valence-corrected chi connectivity index (χ0v) is 15.6. The van der Waals surface area contributed by atoms with E-state index in [2.05, 4.69) is 22.0 Å². The minimum absolute atomic E-state index is 0.0211. The first-order valence-corrected chi connectivity index (χ1v) is 9.91. The molecule has 1 aliphatic rings. The summed E-state index contributed by atoms with van der Waals surface area (Å²) in [4.78, 5) is 2.19. The van der Waals surface area contributed by atoms with Crippen molar-refractivity contribution in [3.63, 3.8) is 0 Å². The van der Waals surface area contributed by atoms with Crippen molar-refractivity contribution in [3.8, 4) is 11.4 Å². The van der Waals surface area contributed by atoms with Crippen molar-refractivity contribution in [2.45, 2.75) is 19.4 Å². The Morgan fingerprint density at radius 1 is 1.11 bits per heavy atom. The van der Waals surface area contributed by atoms with Gasteiger partial charge < -0.3 is 4.90 Å². The van der Waals surface area contributed by atoms with Crippen molar-refractivity contribution < 1.29 is 4.39 Å². The van der Waals surface area contributed by atoms with Crippen molar-refractivity contribution in [1.29, 1.82) is 0 Å². The fourth-order valence-electron chi connectivity index (χ4n) is 3.84. The zero-order valence-electron chi connectivity index (χ0n) is 14.8. The summed E-state index contributed by atoms with van der Waals surface area (Å²) in [7, 11) is 0. The quantitative estimate of drug-likeness (QED) is 0.523. The summed E-state index contributed by atoms with van der Waals surface area (Å²) in [6.07, 6.45) is 0.903. The van der Waals surface area contributed by atoms with Gasteiger partial charge in [-0.25, -0.2) is 4.39 Å². The number of fused-ring (bicyclic) bond motifs is 1. The Balaban J connectivity index is 1.59. The van der Waals surface area contributed by atoms with Crippen LogP contribution < -0.4 is 4.90 Å². The van der Waals surface area contributed by atoms with E-state index in [9.17, 15) is 4.39 Å². The molecule has 1 fully saturated rings. The van der Waals surface area contributed by atoms with Crippen LogP contribution in [-0.4, -0.2) is 26.4 Å². The number of anilines is 1. The van der Waals surface area contributed by atoms with E-state index < -0.39 is 0 Å². The molecule has 2 unspecified atom stereocenters. The molecule has 136 valence electrons. The van der Waals surface area contributed by atoms with Gasteiger partial charge in [0.1, 0.15) is 11.6 Å². The van der Waals surface area contributed by atoms with Gasteiger partial charge in [0, 0.05) is 23.1 Å². The second kappa shape index (κ2) is 6.42. The Bertz CT molecular complexity index is 1090. The Morgan fingerprint density at radius 3 is 2.81 bits per heavy atom. The molecule has 0 bridgehead atoms. The highest BCUT2D eigenvalue weighted by Crippen LogP contribution is 2.39. The minimum atomic E-state index is -0.161. The van der Waals surface area contributed by atoms with Crippen LogP contribution in [0, 0.1) is 11.7 Å². The summed E-state index contributed by atoms with van der Waals surface area (Å²) in [5, 5.41) is 17.4. The highest BCUT2D eigenvalue weighted by molar-refractivity contribution is 7.08. The minimum Gasteiger partial charge on any atom is -0.348 e. The normalized spacial score (nSPS) is 19.9. The third-order valence-corrected chi connectivity index (χ3v) is 5.78. The number of benzene rings is 1. The summed E-state index contributed by atoms with van der Waals surface area (Å²) in [6.45, 7) is 3.04. The monoisotopic (exact) mass is 379 g/mol. The number of thiophene rings is 1. The van der Waals surface area contributed by atoms with Crippen LogP contribution in [0.2, 0.25) is 0 Å². The van der Waals surface area contributed by atoms with Gasteiger partial charge >= 0.3 is 0 Å². The third-order valence-electron chi connectivity index (χ3n) is 5.10. The first-order chi connectivity index (χ1) is 13.2. The van der Waals surface area contributed by atoms with Gasteiger partial charge in [-0.2, -0.15) is 15.9 Å². The van der Waals surface area contributed by atoms with Gasteiger partial charge in [-0.15, -0.1) is 15.3 Å². The van der Waals surface area contributed by atoms with Gasteiger partial charge in [-0.3, -0.25) is 0 Å². The highest BCUT2D eigenvalue weighted by Gasteiger charge is 2.33. The van der Waals surface area contributed by atoms with Crippen LogP contribution in [0.4, 0.5) is 10.2 Å². The molecular formula is C20H18FN5S. The van der Waals surface area contributed by atoms with E-state index >= 15 is 0 Å². The first kappa shape index (κ1) is 16.4. The zero-order chi connectivity index (χ0) is 18.4. The molecule has 5 nitrogen and oxygen atoms in total. The summed E-state index contributed by atoms with van der Waals surface area (Å²) in [5.74, 6) is 1.84. The molecule has 1 aliphatic heterocycles. The maximum atomic E-state index is 14.4. The number of nitrogens with zero attached hydrogens (tertiary/aromatic N) is 5. The molecule has 1 saturated heterocycles. The number of hydrogen-bond acceptors (Lipinski definition) is 5. The molecule has 0 aliphatic carbocycles. The van der Waals surface area contributed by atoms with Crippen molar-refractivity contribution in [2.75, 3.05) is 11.4 Å². The number of halogens is 1. The van der Waals surface area contributed by atoms with Gasteiger partial charge in [0.2, 0.25) is 0 Å². The Hall–Kier alpha value is -2.80. The van der Waals surface area contributed by atoms with E-state index in [4.69, 9.17) is 5.10 Å². The smallest absolute Gasteiger partial charge is 0.186 e. The summed E-state index contributed by atoms with van der Waals surface area (Å²) in [5.41, 5.74) is 2.43. The van der Waals surface area contributed by atoms with Crippen molar-refractivity contribution in [3.05, 3.63) is 64.6 Å². The van der Waals surface area contributed by atoms with Gasteiger partial charge in [0.25, 0.3) is 0 Å². The Kier molecular flexibility index (Phi) is 3.89. The number of aromatic nitrogens is 4. The Labute approximate surface area is 160 Å². The fourth-order valence-corrected chi connectivity index (χ4v) is 4.48. The predicted molar refractivity (Wildman–Crippen MR) is 104 cm³/mol. The highest BCUT2D eigenvalue weighted by atomic mass is 32.1. The van der Waals surface area contributed by atoms with Gasteiger partial charge in [-0.05, 0) is 42.0 Å². The standard InChI is InChI=1S/C20H18FN5S/c1-13-10-17(15-4-2-3-5-16(15)21)25(11-13)19-7-6-18-22-23-20(26(18)24-19)14-8-9-27-12-14/h2-9,12-13,17H,10-11H2,1H3. The molecule has 5 rings (SSSR count). The summed E-state index contributed by atoms with van der Waals surface area (Å²) < 4.78 is 16.2. The maximum absolute atomic E-state index is 14.4. The molecule has 2 atom stereocenters. The average Bonchev–Trinajstić information content (AvgIpc) is 3.40. The third kappa shape index (κ3) is 2.78. The van der Waals surface area contributed by atoms with E-state index in [0.717, 1.165) is 35.7 Å². The molecule has 0 spiro atoms. The number of hydrogen-bond donors (Lipinski definition) is 0. The molecule has 4 heterocycles. The molecule has 0 N–H and O–H groups in total. The van der Waals surface area contributed by atoms with Crippen LogP contribution in [0.1, 0.15) is 24.9 Å². The van der Waals surface area contributed by atoms with E-state index in [-0.39, 0.29) is 11.9 Å². The molecule has 1 aromatic carbocycles. The lowest BCUT2D eigenvalue weighted by Gasteiger charge is -2.26. The average molecular weight is 379 g/mol. The lowest BCUT2D eigenvalue weighted by molar-refractivity contribution is 0.562. The molecule has 3 aromatic heterocycles. The summed E-state index contributed by atoms with van der Waals surface area (Å²) >= 11 is 1.61. The topological polar surface area (TPSA) is 46.3 Å². The van der Waals surface area contributed by atoms with Crippen LogP contribution in [-0.2, 0) is 0 Å². The molecule has 0 amide bonds. The first-order valence-electron chi connectivity index (χ1n) is 8.97. The molecule has 27 heavy (non-hydrogen) atoms. The second-order valence-electron chi connectivity index (χ2n) is 7.03. The summed E-state index contributed by atoms with van der Waals surface area (Å²) in [6, 6.07) is 12.9. The predicted octanol–water partition coefficient (Wildman–Crippen LogP) is 4.58. The molecular weight excluding hydrogens is 361 g/mol. The van der Waals surface area contributed by atoms with E-state index in [1.807, 2.05) is 41.1 Å². The van der Waals surface area contributed by atoms with E-state index in [1.165, 1.54) is 6.07 Å². The van der Waals surface area contributed by atoms with Gasteiger partial charge in [0.05, 0.1) is 6.04 Å². The van der Waals surface area contributed by atoms with Crippen LogP contribution in [0.3, 0.4) is 0 Å². The molecule has 0 radical (unpaired) electrons. The van der Waals surface area contributed by atoms with Crippen LogP contribution >= 0.6 is 11.3 Å². The lowest BCUT2D eigenvalue weighted by atomic mass is 10.0. The fraction of sp³-hybridized carbons (Fsp3) is 0.250. The van der Waals surface area contributed by atoms with Crippen molar-refractivity contribution in [1.82, 2.24) is 19.8 Å². The van der Waals surface area contributed by atoms with Crippen molar-refractivity contribution >= 4 is 22.8 Å². The van der Waals surface area contributed by atoms with Crippen LogP contribution in [0.5, 0.6) is 0 Å². The van der Waals surface area contributed by atoms with Gasteiger partial charge in [0.15, 0.2) is 11.5 Å². The van der Waals surface area contributed by atoms with Gasteiger partial charge in [-0.1, -0.05) is 25.1 Å². The molecule has 7 heteroatoms. The Morgan fingerprint density at radius 2 is 2.00 bits per heavy atom. The van der Waals surface area contributed by atoms with Crippen molar-refractivity contribution in [2.24, 2.45) is 5.92 Å². The molecule has 4 aromatic rings. The molecule has 0 saturated carbocycles. The SMILES string of the molecule is CC1CC(c2ccccc2F)N(c2ccc3nnc(-c4ccsc4)n3n2)C1.